The molecule has 0 fully saturated rings. The number of nitrogens with zero attached hydrogens (tertiary/aromatic N) is 2. The lowest BCUT2D eigenvalue weighted by molar-refractivity contribution is -0.138. The van der Waals surface area contributed by atoms with E-state index in [2.05, 4.69) is 16.9 Å². The van der Waals surface area contributed by atoms with Crippen molar-refractivity contribution in [2.45, 2.75) is 38.4 Å². The number of hydrogen-bond donors (Lipinski definition) is 2. The first kappa shape index (κ1) is 13.8. The van der Waals surface area contributed by atoms with Gasteiger partial charge in [0.15, 0.2) is 12.1 Å². The second kappa shape index (κ2) is 5.56. The van der Waals surface area contributed by atoms with E-state index in [0.29, 0.717) is 18.4 Å². The normalized spacial score (nSPS) is 29.0. The van der Waals surface area contributed by atoms with Crippen LogP contribution in [0.2, 0.25) is 0 Å². The molecule has 0 aromatic carbocycles. The highest BCUT2D eigenvalue weighted by atomic mass is 16.5. The Morgan fingerprint density at radius 3 is 2.79 bits per heavy atom. The lowest BCUT2D eigenvalue weighted by atomic mass is 10.0. The molecule has 106 valence electrons. The van der Waals surface area contributed by atoms with Crippen molar-refractivity contribution in [2.75, 3.05) is 13.2 Å². The van der Waals surface area contributed by atoms with Gasteiger partial charge in [0.25, 0.3) is 0 Å². The Labute approximate surface area is 111 Å². The van der Waals surface area contributed by atoms with Crippen LogP contribution in [0.5, 0.6) is 0 Å². The molecule has 3 N–H and O–H groups in total. The molecule has 7 heteroatoms. The zero-order valence-electron chi connectivity index (χ0n) is 11.1. The predicted molar refractivity (Wildman–Crippen MR) is 69.4 cm³/mol. The summed E-state index contributed by atoms with van der Waals surface area (Å²) in [5.74, 6) is 0.119. The van der Waals surface area contributed by atoms with E-state index >= 15 is 0 Å². The smallest absolute Gasteiger partial charge is 0.332 e. The fourth-order valence-electron chi connectivity index (χ4n) is 1.90. The average Bonchev–Trinajstić information content (AvgIpc) is 3.04. The number of hydrogen-bond acceptors (Lipinski definition) is 6. The van der Waals surface area contributed by atoms with E-state index < -0.39 is 12.0 Å². The Hall–Kier alpha value is -1.63. The monoisotopic (exact) mass is 269 g/mol. The Balaban J connectivity index is 2.03. The zero-order chi connectivity index (χ0) is 14.0. The molecule has 7 nitrogen and oxygen atoms in total. The van der Waals surface area contributed by atoms with Gasteiger partial charge in [0.05, 0.1) is 6.04 Å². The van der Waals surface area contributed by atoms with Gasteiger partial charge in [-0.1, -0.05) is 20.3 Å². The van der Waals surface area contributed by atoms with Crippen molar-refractivity contribution in [3.8, 4) is 0 Å². The van der Waals surface area contributed by atoms with Gasteiger partial charge in [-0.05, 0) is 5.92 Å². The van der Waals surface area contributed by atoms with E-state index in [1.165, 1.54) is 0 Å². The van der Waals surface area contributed by atoms with Crippen LogP contribution in [0.15, 0.2) is 9.98 Å². The predicted octanol–water partition coefficient (Wildman–Crippen LogP) is 0.0390. The molecule has 0 amide bonds. The van der Waals surface area contributed by atoms with Gasteiger partial charge in [-0.25, -0.2) is 14.8 Å². The molecule has 4 unspecified atom stereocenters. The number of aliphatic imine (C=N–C) groups is 2. The van der Waals surface area contributed by atoms with Crippen LogP contribution in [0.4, 0.5) is 0 Å². The minimum atomic E-state index is -0.991. The summed E-state index contributed by atoms with van der Waals surface area (Å²) >= 11 is 0. The summed E-state index contributed by atoms with van der Waals surface area (Å²) in [6.07, 6.45) is 0.937. The van der Waals surface area contributed by atoms with E-state index in [9.17, 15) is 4.79 Å². The number of nitrogens with two attached hydrogens (primary N) is 1. The highest BCUT2D eigenvalue weighted by molar-refractivity contribution is 5.93. The highest BCUT2D eigenvalue weighted by Gasteiger charge is 2.35. The summed E-state index contributed by atoms with van der Waals surface area (Å²) in [4.78, 5) is 19.1. The summed E-state index contributed by atoms with van der Waals surface area (Å²) in [5, 5.41) is 8.84. The van der Waals surface area contributed by atoms with Gasteiger partial charge in [0.2, 0.25) is 11.8 Å². The van der Waals surface area contributed by atoms with Crippen LogP contribution in [-0.4, -0.2) is 54.2 Å². The molecular formula is C12H19N3O4. The van der Waals surface area contributed by atoms with Crippen LogP contribution < -0.4 is 5.73 Å². The number of carboxylic acid groups (broad SMARTS) is 1. The molecule has 0 spiro atoms. The first-order valence-corrected chi connectivity index (χ1v) is 6.42. The number of carbonyl (C=O) groups is 1. The van der Waals surface area contributed by atoms with Crippen LogP contribution in [0.25, 0.3) is 0 Å². The SMILES string of the molecule is CCC(C)C(N)C1=NC(C2=NC(C(=O)O)CO2)CO1. The number of aliphatic carboxylic acids is 1. The average molecular weight is 269 g/mol. The number of rotatable bonds is 5. The van der Waals surface area contributed by atoms with Gasteiger partial charge in [-0.3, -0.25) is 0 Å². The summed E-state index contributed by atoms with van der Waals surface area (Å²) in [6.45, 7) is 4.46. The van der Waals surface area contributed by atoms with Crippen molar-refractivity contribution in [2.24, 2.45) is 21.6 Å². The standard InChI is InChI=1S/C12H19N3O4/c1-3-6(2)9(13)11-14-7(4-19-11)10-15-8(5-18-10)12(16)17/h6-9H,3-5,13H2,1-2H3,(H,16,17). The fourth-order valence-corrected chi connectivity index (χ4v) is 1.90. The van der Waals surface area contributed by atoms with E-state index in [1.54, 1.807) is 0 Å². The minimum Gasteiger partial charge on any atom is -0.480 e. The first-order valence-electron chi connectivity index (χ1n) is 6.42. The van der Waals surface area contributed by atoms with Gasteiger partial charge < -0.3 is 20.3 Å². The van der Waals surface area contributed by atoms with Gasteiger partial charge in [0, 0.05) is 0 Å². The molecule has 2 aliphatic heterocycles. The van der Waals surface area contributed by atoms with E-state index in [-0.39, 0.29) is 24.6 Å². The molecule has 0 saturated carbocycles. The van der Waals surface area contributed by atoms with Crippen LogP contribution in [-0.2, 0) is 14.3 Å². The van der Waals surface area contributed by atoms with E-state index in [4.69, 9.17) is 20.3 Å². The summed E-state index contributed by atoms with van der Waals surface area (Å²) in [5.41, 5.74) is 6.04. The molecular weight excluding hydrogens is 250 g/mol. The van der Waals surface area contributed by atoms with Gasteiger partial charge in [-0.15, -0.1) is 0 Å². The van der Waals surface area contributed by atoms with Crippen LogP contribution in [0, 0.1) is 5.92 Å². The van der Waals surface area contributed by atoms with Crippen molar-refractivity contribution in [3.05, 3.63) is 0 Å². The van der Waals surface area contributed by atoms with Crippen molar-refractivity contribution < 1.29 is 19.4 Å². The Kier molecular flexibility index (Phi) is 4.04. The molecule has 4 atom stereocenters. The van der Waals surface area contributed by atoms with Gasteiger partial charge >= 0.3 is 5.97 Å². The summed E-state index contributed by atoms with van der Waals surface area (Å²) < 4.78 is 10.7. The third-order valence-corrected chi connectivity index (χ3v) is 3.46. The zero-order valence-corrected chi connectivity index (χ0v) is 11.1. The molecule has 2 heterocycles. The number of ether oxygens (including phenoxy) is 2. The highest BCUT2D eigenvalue weighted by Crippen LogP contribution is 2.18. The lowest BCUT2D eigenvalue weighted by Crippen LogP contribution is -2.36. The number of carboxylic acids is 1. The summed E-state index contributed by atoms with van der Waals surface area (Å²) in [7, 11) is 0. The Morgan fingerprint density at radius 2 is 2.21 bits per heavy atom. The van der Waals surface area contributed by atoms with Crippen LogP contribution in [0.3, 0.4) is 0 Å². The first-order chi connectivity index (χ1) is 9.02. The molecule has 0 radical (unpaired) electrons. The molecule has 0 saturated heterocycles. The van der Waals surface area contributed by atoms with E-state index in [1.807, 2.05) is 6.92 Å². The molecule has 0 aliphatic carbocycles. The van der Waals surface area contributed by atoms with Crippen molar-refractivity contribution >= 4 is 17.8 Å². The Morgan fingerprint density at radius 1 is 1.47 bits per heavy atom. The molecule has 19 heavy (non-hydrogen) atoms. The maximum atomic E-state index is 10.8. The quantitative estimate of drug-likeness (QED) is 0.732. The van der Waals surface area contributed by atoms with Crippen molar-refractivity contribution in [1.82, 2.24) is 0 Å². The Bertz CT molecular complexity index is 421. The molecule has 0 aromatic heterocycles. The lowest BCUT2D eigenvalue weighted by Gasteiger charge is -2.16. The van der Waals surface area contributed by atoms with Crippen LogP contribution >= 0.6 is 0 Å². The minimum absolute atomic E-state index is 0.0590. The second-order valence-electron chi connectivity index (χ2n) is 4.84. The van der Waals surface area contributed by atoms with Gasteiger partial charge in [-0.2, -0.15) is 0 Å². The fraction of sp³-hybridized carbons (Fsp3) is 0.750. The second-order valence-corrected chi connectivity index (χ2v) is 4.84. The maximum Gasteiger partial charge on any atom is 0.332 e. The molecule has 0 aromatic rings. The van der Waals surface area contributed by atoms with E-state index in [0.717, 1.165) is 6.42 Å². The summed E-state index contributed by atoms with van der Waals surface area (Å²) in [6, 6.07) is -1.45. The van der Waals surface area contributed by atoms with Crippen molar-refractivity contribution in [3.63, 3.8) is 0 Å². The maximum absolute atomic E-state index is 10.8. The topological polar surface area (TPSA) is 107 Å². The molecule has 2 rings (SSSR count). The third-order valence-electron chi connectivity index (χ3n) is 3.46. The van der Waals surface area contributed by atoms with Crippen molar-refractivity contribution in [1.29, 1.82) is 0 Å². The molecule has 0 bridgehead atoms. The largest absolute Gasteiger partial charge is 0.480 e. The van der Waals surface area contributed by atoms with Gasteiger partial charge in [0.1, 0.15) is 13.2 Å². The molecule has 2 aliphatic rings. The third kappa shape index (κ3) is 2.86. The van der Waals surface area contributed by atoms with Crippen LogP contribution in [0.1, 0.15) is 20.3 Å².